The van der Waals surface area contributed by atoms with Crippen molar-refractivity contribution in [1.29, 1.82) is 0 Å². The van der Waals surface area contributed by atoms with Crippen LogP contribution in [-0.4, -0.2) is 22.9 Å². The van der Waals surface area contributed by atoms with Gasteiger partial charge in [-0.2, -0.15) is 0 Å². The second-order valence-corrected chi connectivity index (χ2v) is 9.39. The summed E-state index contributed by atoms with van der Waals surface area (Å²) in [4.78, 5) is 24.7. The number of amides is 1. The summed E-state index contributed by atoms with van der Waals surface area (Å²) in [6.45, 7) is 0. The molecule has 0 radical (unpaired) electrons. The molecule has 2 N–H and O–H groups in total. The summed E-state index contributed by atoms with van der Waals surface area (Å²) in [6.07, 6.45) is 0.803. The molecule has 2 atom stereocenters. The molecule has 2 unspecified atom stereocenters. The molecule has 0 spiro atoms. The summed E-state index contributed by atoms with van der Waals surface area (Å²) < 4.78 is 42.3. The summed E-state index contributed by atoms with van der Waals surface area (Å²) in [5, 5.41) is 12.4. The third kappa shape index (κ3) is 4.77. The molecular formula is C24H23ClF3NO3. The molecule has 4 nitrogen and oxygen atoms in total. The number of anilines is 1. The number of aliphatic carboxylic acids is 1. The SMILES string of the molecule is O=C(Nc1cc(CC2(C(=O)O)CC2)ccc1F)C(c1ccc(Cl)cc1)C1CCC(F)(F)C1. The first-order valence-corrected chi connectivity index (χ1v) is 10.9. The van der Waals surface area contributed by atoms with Crippen molar-refractivity contribution in [2.45, 2.75) is 50.4 Å². The van der Waals surface area contributed by atoms with E-state index in [0.717, 1.165) is 0 Å². The van der Waals surface area contributed by atoms with Gasteiger partial charge in [-0.3, -0.25) is 9.59 Å². The van der Waals surface area contributed by atoms with E-state index in [9.17, 15) is 27.9 Å². The fourth-order valence-electron chi connectivity index (χ4n) is 4.57. The van der Waals surface area contributed by atoms with Gasteiger partial charge in [-0.1, -0.05) is 29.8 Å². The highest BCUT2D eigenvalue weighted by Gasteiger charge is 2.50. The van der Waals surface area contributed by atoms with Gasteiger partial charge in [0.05, 0.1) is 17.0 Å². The van der Waals surface area contributed by atoms with Crippen molar-refractivity contribution in [3.8, 4) is 0 Å². The number of alkyl halides is 2. The number of rotatable bonds is 7. The maximum absolute atomic E-state index is 14.5. The molecule has 0 bridgehead atoms. The van der Waals surface area contributed by atoms with E-state index < -0.39 is 47.3 Å². The summed E-state index contributed by atoms with van der Waals surface area (Å²) in [6, 6.07) is 10.5. The third-order valence-corrected chi connectivity index (χ3v) is 6.82. The van der Waals surface area contributed by atoms with Crippen LogP contribution in [0.25, 0.3) is 0 Å². The standard InChI is InChI=1S/C24H23ClF3NO3/c25-17-4-2-15(3-5-17)20(16-7-8-24(27,28)13-16)21(30)29-19-11-14(1-6-18(19)26)12-23(9-10-23)22(31)32/h1-6,11,16,20H,7-10,12-13H2,(H,29,30)(H,31,32). The molecule has 2 aromatic carbocycles. The maximum atomic E-state index is 14.5. The highest BCUT2D eigenvalue weighted by molar-refractivity contribution is 6.30. The van der Waals surface area contributed by atoms with Crippen LogP contribution in [0.4, 0.5) is 18.9 Å². The highest BCUT2D eigenvalue weighted by Crippen LogP contribution is 2.49. The van der Waals surface area contributed by atoms with Crippen molar-refractivity contribution >= 4 is 29.2 Å². The molecular weight excluding hydrogens is 443 g/mol. The fraction of sp³-hybridized carbons (Fsp3) is 0.417. The van der Waals surface area contributed by atoms with E-state index in [-0.39, 0.29) is 24.9 Å². The van der Waals surface area contributed by atoms with E-state index in [1.165, 1.54) is 18.2 Å². The summed E-state index contributed by atoms with van der Waals surface area (Å²) >= 11 is 5.94. The quantitative estimate of drug-likeness (QED) is 0.523. The summed E-state index contributed by atoms with van der Waals surface area (Å²) in [5.74, 6) is -6.47. The van der Waals surface area contributed by atoms with E-state index in [4.69, 9.17) is 11.6 Å². The fourth-order valence-corrected chi connectivity index (χ4v) is 4.70. The van der Waals surface area contributed by atoms with Crippen LogP contribution in [0.2, 0.25) is 5.02 Å². The molecule has 2 fully saturated rings. The monoisotopic (exact) mass is 465 g/mol. The Bertz CT molecular complexity index is 1040. The highest BCUT2D eigenvalue weighted by atomic mass is 35.5. The number of benzene rings is 2. The molecule has 32 heavy (non-hydrogen) atoms. The van der Waals surface area contributed by atoms with Crippen LogP contribution < -0.4 is 5.32 Å². The topological polar surface area (TPSA) is 66.4 Å². The molecule has 0 saturated heterocycles. The van der Waals surface area contributed by atoms with E-state index >= 15 is 0 Å². The summed E-state index contributed by atoms with van der Waals surface area (Å²) in [5.41, 5.74) is 0.212. The van der Waals surface area contributed by atoms with Gasteiger partial charge in [0.15, 0.2) is 0 Å². The first kappa shape index (κ1) is 22.6. The minimum atomic E-state index is -2.84. The average Bonchev–Trinajstić information content (AvgIpc) is 3.43. The van der Waals surface area contributed by atoms with Crippen molar-refractivity contribution in [2.75, 3.05) is 5.32 Å². The second-order valence-electron chi connectivity index (χ2n) is 8.95. The predicted molar refractivity (Wildman–Crippen MR) is 115 cm³/mol. The first-order chi connectivity index (χ1) is 15.1. The summed E-state index contributed by atoms with van der Waals surface area (Å²) in [7, 11) is 0. The van der Waals surface area contributed by atoms with Crippen molar-refractivity contribution < 1.29 is 27.9 Å². The molecule has 1 amide bonds. The molecule has 0 aromatic heterocycles. The predicted octanol–water partition coefficient (Wildman–Crippen LogP) is 6.04. The second kappa shape index (κ2) is 8.43. The van der Waals surface area contributed by atoms with Crippen molar-refractivity contribution in [3.63, 3.8) is 0 Å². The Morgan fingerprint density at radius 2 is 1.81 bits per heavy atom. The third-order valence-electron chi connectivity index (χ3n) is 6.56. The Labute approximate surface area is 188 Å². The van der Waals surface area contributed by atoms with Crippen molar-refractivity contribution in [2.24, 2.45) is 11.3 Å². The number of hydrogen-bond acceptors (Lipinski definition) is 2. The normalized spacial score (nSPS) is 21.7. The first-order valence-electron chi connectivity index (χ1n) is 10.5. The largest absolute Gasteiger partial charge is 0.481 e. The van der Waals surface area contributed by atoms with E-state index in [2.05, 4.69) is 5.32 Å². The lowest BCUT2D eigenvalue weighted by Gasteiger charge is -2.24. The minimum absolute atomic E-state index is 0.0857. The van der Waals surface area contributed by atoms with Crippen LogP contribution in [0.3, 0.4) is 0 Å². The van der Waals surface area contributed by atoms with Crippen LogP contribution in [-0.2, 0) is 16.0 Å². The Hall–Kier alpha value is -2.54. The minimum Gasteiger partial charge on any atom is -0.481 e. The molecule has 0 heterocycles. The zero-order valence-corrected chi connectivity index (χ0v) is 18.0. The number of carbonyl (C=O) groups excluding carboxylic acids is 1. The smallest absolute Gasteiger partial charge is 0.309 e. The van der Waals surface area contributed by atoms with E-state index in [1.807, 2.05) is 0 Å². The van der Waals surface area contributed by atoms with Gasteiger partial charge < -0.3 is 10.4 Å². The van der Waals surface area contributed by atoms with Gasteiger partial charge in [0.1, 0.15) is 5.82 Å². The lowest BCUT2D eigenvalue weighted by molar-refractivity contribution is -0.143. The number of nitrogens with one attached hydrogen (secondary N) is 1. The van der Waals surface area contributed by atoms with Crippen LogP contribution in [0.15, 0.2) is 42.5 Å². The Morgan fingerprint density at radius 1 is 1.12 bits per heavy atom. The molecule has 2 saturated carbocycles. The van der Waals surface area contributed by atoms with E-state index in [1.54, 1.807) is 24.3 Å². The Morgan fingerprint density at radius 3 is 2.38 bits per heavy atom. The van der Waals surface area contributed by atoms with Gasteiger partial charge in [0.2, 0.25) is 11.8 Å². The van der Waals surface area contributed by atoms with Gasteiger partial charge in [0.25, 0.3) is 0 Å². The zero-order valence-electron chi connectivity index (χ0n) is 17.2. The van der Waals surface area contributed by atoms with Gasteiger partial charge >= 0.3 is 5.97 Å². The van der Waals surface area contributed by atoms with E-state index in [0.29, 0.717) is 29.0 Å². The number of carboxylic acids is 1. The molecule has 2 aliphatic rings. The van der Waals surface area contributed by atoms with Gasteiger partial charge in [0, 0.05) is 17.9 Å². The molecule has 2 aromatic rings. The number of carboxylic acid groups (broad SMARTS) is 1. The maximum Gasteiger partial charge on any atom is 0.309 e. The Balaban J connectivity index is 1.58. The average molecular weight is 466 g/mol. The lowest BCUT2D eigenvalue weighted by Crippen LogP contribution is -2.28. The lowest BCUT2D eigenvalue weighted by atomic mass is 9.84. The number of carbonyl (C=O) groups is 2. The number of hydrogen-bond donors (Lipinski definition) is 2. The molecule has 0 aliphatic heterocycles. The molecule has 4 rings (SSSR count). The van der Waals surface area contributed by atoms with Gasteiger partial charge in [-0.15, -0.1) is 0 Å². The Kier molecular flexibility index (Phi) is 5.96. The molecule has 8 heteroatoms. The molecule has 2 aliphatic carbocycles. The molecule has 170 valence electrons. The van der Waals surface area contributed by atoms with Crippen LogP contribution >= 0.6 is 11.6 Å². The van der Waals surface area contributed by atoms with Crippen LogP contribution in [0.5, 0.6) is 0 Å². The van der Waals surface area contributed by atoms with Crippen molar-refractivity contribution in [3.05, 3.63) is 64.4 Å². The number of halogens is 4. The van der Waals surface area contributed by atoms with Crippen molar-refractivity contribution in [1.82, 2.24) is 0 Å². The van der Waals surface area contributed by atoms with Gasteiger partial charge in [-0.25, -0.2) is 13.2 Å². The van der Waals surface area contributed by atoms with Crippen LogP contribution in [0.1, 0.15) is 49.1 Å². The van der Waals surface area contributed by atoms with Gasteiger partial charge in [-0.05, 0) is 67.0 Å². The zero-order chi connectivity index (χ0) is 23.1. The van der Waals surface area contributed by atoms with Crippen LogP contribution in [0, 0.1) is 17.2 Å².